The Kier molecular flexibility index (Phi) is 37.8. The number of ether oxygens (including phenoxy) is 2. The average Bonchev–Trinajstić information content (AvgIpc) is 3.21. The second kappa shape index (κ2) is 40.0. The van der Waals surface area contributed by atoms with Crippen LogP contribution in [0.4, 0.5) is 0 Å². The number of aliphatic hydroxyl groups excluding tert-OH is 1. The van der Waals surface area contributed by atoms with Gasteiger partial charge in [0.05, 0.1) is 19.3 Å². The van der Waals surface area contributed by atoms with Gasteiger partial charge in [-0.1, -0.05) is 144 Å². The number of esters is 2. The van der Waals surface area contributed by atoms with Gasteiger partial charge in [0.2, 0.25) is 0 Å². The van der Waals surface area contributed by atoms with E-state index >= 15 is 0 Å². The van der Waals surface area contributed by atoms with Gasteiger partial charge in [-0.15, -0.1) is 0 Å². The van der Waals surface area contributed by atoms with Gasteiger partial charge in [-0.25, -0.2) is 4.57 Å². The minimum Gasteiger partial charge on any atom is -0.480 e. The largest absolute Gasteiger partial charge is 0.480 e. The zero-order valence-corrected chi connectivity index (χ0v) is 36.8. The first kappa shape index (κ1) is 55.6. The summed E-state index contributed by atoms with van der Waals surface area (Å²) in [6, 6.07) is -1.55. The van der Waals surface area contributed by atoms with Gasteiger partial charge in [-0.05, 0) is 77.0 Å². The van der Waals surface area contributed by atoms with E-state index in [1.807, 2.05) is 42.5 Å². The lowest BCUT2D eigenvalue weighted by atomic mass is 10.1. The lowest BCUT2D eigenvalue weighted by molar-refractivity contribution is -0.161. The van der Waals surface area contributed by atoms with Crippen molar-refractivity contribution in [3.8, 4) is 0 Å². The standard InChI is InChI=1S/C46H76NO11P/c1-3-5-7-9-11-12-13-14-15-16-17-18-19-20-24-28-32-36-44(49)55-38-42(39-56-59(53,54)57-40-43(47)46(51)52)58-45(50)37-33-29-25-22-21-23-27-31-35-41(48)34-30-26-10-8-6-4-2/h6,8,11-12,14-15,22-23,25-27,30-31,35,41-43,48H,3-5,7,9-10,13,16-21,24,28-29,32-34,36-40,47H2,1-2H3,(H,51,52)(H,53,54)/b8-6-,12-11-,15-14-,25-22-,27-23-,30-26-,35-31+/t41?,42-,43+/m1/s1. The van der Waals surface area contributed by atoms with Gasteiger partial charge in [-0.2, -0.15) is 0 Å². The molecule has 0 aliphatic rings. The van der Waals surface area contributed by atoms with E-state index in [-0.39, 0.29) is 12.8 Å². The zero-order chi connectivity index (χ0) is 43.7. The molecule has 0 aliphatic carbocycles. The fraction of sp³-hybridized carbons (Fsp3) is 0.630. The van der Waals surface area contributed by atoms with Crippen molar-refractivity contribution in [3.05, 3.63) is 85.1 Å². The number of allylic oxidation sites excluding steroid dienone is 12. The third kappa shape index (κ3) is 39.8. The molecule has 0 spiro atoms. The summed E-state index contributed by atoms with van der Waals surface area (Å²) >= 11 is 0. The van der Waals surface area contributed by atoms with E-state index in [0.717, 1.165) is 51.4 Å². The summed E-state index contributed by atoms with van der Waals surface area (Å²) in [4.78, 5) is 45.9. The summed E-state index contributed by atoms with van der Waals surface area (Å²) in [7, 11) is -4.75. The lowest BCUT2D eigenvalue weighted by Gasteiger charge is -2.20. The van der Waals surface area contributed by atoms with E-state index in [0.29, 0.717) is 32.1 Å². The molecule has 0 aromatic carbocycles. The van der Waals surface area contributed by atoms with Crippen LogP contribution in [0.5, 0.6) is 0 Å². The molecule has 0 heterocycles. The zero-order valence-electron chi connectivity index (χ0n) is 35.9. The number of rotatable bonds is 39. The van der Waals surface area contributed by atoms with Crippen LogP contribution in [-0.2, 0) is 37.5 Å². The number of carbonyl (C=O) groups excluding carboxylic acids is 2. The first-order valence-electron chi connectivity index (χ1n) is 21.7. The SMILES string of the molecule is CC/C=C\C/C=C\CC(O)/C=C/C=C\C/C=C\CCCC(=O)O[C@H](COC(=O)CCCCCCCCC/C=C\C/C=C\CCCCC)COP(=O)(O)OC[C@H](N)C(=O)O. The van der Waals surface area contributed by atoms with Crippen LogP contribution in [0.15, 0.2) is 85.1 Å². The molecule has 0 aliphatic heterocycles. The van der Waals surface area contributed by atoms with Crippen LogP contribution in [0.3, 0.4) is 0 Å². The highest BCUT2D eigenvalue weighted by molar-refractivity contribution is 7.47. The number of carbonyl (C=O) groups is 3. The van der Waals surface area contributed by atoms with Gasteiger partial charge < -0.3 is 30.3 Å². The number of unbranched alkanes of at least 4 members (excludes halogenated alkanes) is 11. The molecule has 13 heteroatoms. The molecule has 59 heavy (non-hydrogen) atoms. The second-order valence-corrected chi connectivity index (χ2v) is 15.7. The first-order valence-corrected chi connectivity index (χ1v) is 23.2. The monoisotopic (exact) mass is 850 g/mol. The molecular weight excluding hydrogens is 773 g/mol. The Balaban J connectivity index is 4.55. The summed E-state index contributed by atoms with van der Waals surface area (Å²) < 4.78 is 32.6. The van der Waals surface area contributed by atoms with E-state index in [1.165, 1.54) is 38.5 Å². The van der Waals surface area contributed by atoms with Gasteiger partial charge in [0.25, 0.3) is 0 Å². The maximum absolute atomic E-state index is 12.6. The Labute approximate surface area is 355 Å². The number of phosphoric acid groups is 1. The van der Waals surface area contributed by atoms with Crippen molar-refractivity contribution in [3.63, 3.8) is 0 Å². The Morgan fingerprint density at radius 1 is 0.627 bits per heavy atom. The molecule has 0 saturated heterocycles. The molecule has 336 valence electrons. The number of aliphatic carboxylic acids is 1. The molecular formula is C46H76NO11P. The van der Waals surface area contributed by atoms with Crippen molar-refractivity contribution in [2.75, 3.05) is 19.8 Å². The molecule has 0 radical (unpaired) electrons. The van der Waals surface area contributed by atoms with Gasteiger partial charge in [0.1, 0.15) is 12.6 Å². The van der Waals surface area contributed by atoms with Crippen molar-refractivity contribution >= 4 is 25.7 Å². The van der Waals surface area contributed by atoms with E-state index in [4.69, 9.17) is 24.8 Å². The predicted molar refractivity (Wildman–Crippen MR) is 236 cm³/mol. The van der Waals surface area contributed by atoms with E-state index in [1.54, 1.807) is 6.08 Å². The Hall–Kier alpha value is -3.38. The third-order valence-electron chi connectivity index (χ3n) is 8.71. The number of nitrogens with two attached hydrogens (primary N) is 1. The molecule has 0 saturated carbocycles. The normalized spacial score (nSPS) is 15.1. The summed E-state index contributed by atoms with van der Waals surface area (Å²) in [5.74, 6) is -2.52. The number of hydrogen-bond acceptors (Lipinski definition) is 10. The fourth-order valence-corrected chi connectivity index (χ4v) is 6.05. The van der Waals surface area contributed by atoms with Crippen LogP contribution in [0.2, 0.25) is 0 Å². The van der Waals surface area contributed by atoms with Crippen molar-refractivity contribution in [1.82, 2.24) is 0 Å². The number of aliphatic hydroxyl groups is 1. The Morgan fingerprint density at radius 2 is 1.17 bits per heavy atom. The highest BCUT2D eigenvalue weighted by Crippen LogP contribution is 2.43. The highest BCUT2D eigenvalue weighted by atomic mass is 31.2. The van der Waals surface area contributed by atoms with Crippen LogP contribution >= 0.6 is 7.82 Å². The van der Waals surface area contributed by atoms with Gasteiger partial charge in [0.15, 0.2) is 6.10 Å². The maximum atomic E-state index is 12.6. The van der Waals surface area contributed by atoms with E-state index in [2.05, 4.69) is 54.8 Å². The van der Waals surface area contributed by atoms with Crippen molar-refractivity contribution in [2.24, 2.45) is 5.73 Å². The number of carboxylic acids is 1. The minimum absolute atomic E-state index is 0.0445. The lowest BCUT2D eigenvalue weighted by Crippen LogP contribution is -2.34. The predicted octanol–water partition coefficient (Wildman–Crippen LogP) is 10.5. The highest BCUT2D eigenvalue weighted by Gasteiger charge is 2.28. The molecule has 5 N–H and O–H groups in total. The van der Waals surface area contributed by atoms with E-state index < -0.39 is 63.8 Å². The number of carboxylic acid groups (broad SMARTS) is 1. The molecule has 2 unspecified atom stereocenters. The summed E-state index contributed by atoms with van der Waals surface area (Å²) in [6.45, 7) is 2.50. The smallest absolute Gasteiger partial charge is 0.472 e. The van der Waals surface area contributed by atoms with Crippen molar-refractivity contribution in [2.45, 2.75) is 167 Å². The molecule has 4 atom stereocenters. The maximum Gasteiger partial charge on any atom is 0.472 e. The van der Waals surface area contributed by atoms with Crippen LogP contribution in [0.1, 0.15) is 149 Å². The average molecular weight is 850 g/mol. The summed E-state index contributed by atoms with van der Waals surface area (Å²) in [6.07, 6.45) is 45.4. The van der Waals surface area contributed by atoms with E-state index in [9.17, 15) is 28.9 Å². The van der Waals surface area contributed by atoms with Crippen molar-refractivity contribution in [1.29, 1.82) is 0 Å². The summed E-state index contributed by atoms with van der Waals surface area (Å²) in [5.41, 5.74) is 5.32. The molecule has 0 aromatic rings. The number of hydrogen-bond donors (Lipinski definition) is 4. The van der Waals surface area contributed by atoms with Crippen LogP contribution < -0.4 is 5.73 Å². The first-order chi connectivity index (χ1) is 28.5. The van der Waals surface area contributed by atoms with Crippen LogP contribution in [0, 0.1) is 0 Å². The molecule has 12 nitrogen and oxygen atoms in total. The van der Waals surface area contributed by atoms with Gasteiger partial charge >= 0.3 is 25.7 Å². The Morgan fingerprint density at radius 3 is 1.81 bits per heavy atom. The minimum atomic E-state index is -4.75. The Bertz CT molecular complexity index is 1340. The number of phosphoric ester groups is 1. The topological polar surface area (TPSA) is 192 Å². The molecule has 0 rings (SSSR count). The fourth-order valence-electron chi connectivity index (χ4n) is 5.27. The molecule has 0 bridgehead atoms. The molecule has 0 fully saturated rings. The van der Waals surface area contributed by atoms with Crippen molar-refractivity contribution < 1.29 is 52.6 Å². The quantitative estimate of drug-likeness (QED) is 0.0151. The summed E-state index contributed by atoms with van der Waals surface area (Å²) in [5, 5.41) is 18.9. The molecule has 0 amide bonds. The van der Waals surface area contributed by atoms with Crippen LogP contribution in [-0.4, -0.2) is 71.1 Å². The molecule has 0 aromatic heterocycles. The second-order valence-electron chi connectivity index (χ2n) is 14.3. The van der Waals surface area contributed by atoms with Gasteiger partial charge in [-0.3, -0.25) is 23.4 Å². The van der Waals surface area contributed by atoms with Gasteiger partial charge in [0, 0.05) is 12.8 Å². The third-order valence-corrected chi connectivity index (χ3v) is 9.66. The van der Waals surface area contributed by atoms with Crippen LogP contribution in [0.25, 0.3) is 0 Å².